The Bertz CT molecular complexity index is 1350. The lowest BCUT2D eigenvalue weighted by atomic mass is 10.2. The van der Waals surface area contributed by atoms with E-state index < -0.39 is 15.9 Å². The highest BCUT2D eigenvalue weighted by atomic mass is 79.9. The predicted molar refractivity (Wildman–Crippen MR) is 124 cm³/mol. The molecule has 0 unspecified atom stereocenters. The fourth-order valence-electron chi connectivity index (χ4n) is 2.81. The third-order valence-corrected chi connectivity index (χ3v) is 7.13. The number of aromatic nitrogens is 1. The van der Waals surface area contributed by atoms with E-state index in [0.29, 0.717) is 5.13 Å². The van der Waals surface area contributed by atoms with Crippen LogP contribution >= 0.6 is 27.3 Å². The van der Waals surface area contributed by atoms with E-state index in [-0.39, 0.29) is 16.1 Å². The van der Waals surface area contributed by atoms with Gasteiger partial charge in [0.05, 0.1) is 26.4 Å². The Morgan fingerprint density at radius 3 is 2.53 bits per heavy atom. The zero-order valence-corrected chi connectivity index (χ0v) is 18.9. The van der Waals surface area contributed by atoms with Gasteiger partial charge in [0, 0.05) is 4.47 Å². The summed E-state index contributed by atoms with van der Waals surface area (Å²) in [5.74, 6) is -0.449. The number of fused-ring (bicyclic) bond motifs is 1. The number of rotatable bonds is 5. The van der Waals surface area contributed by atoms with Gasteiger partial charge in [-0.1, -0.05) is 57.1 Å². The molecule has 30 heavy (non-hydrogen) atoms. The molecule has 4 rings (SSSR count). The quantitative estimate of drug-likeness (QED) is 0.382. The molecule has 0 saturated heterocycles. The Morgan fingerprint density at radius 2 is 1.77 bits per heavy atom. The minimum atomic E-state index is -3.83. The molecule has 152 valence electrons. The highest BCUT2D eigenvalue weighted by Gasteiger charge is 2.19. The van der Waals surface area contributed by atoms with E-state index in [1.54, 1.807) is 36.4 Å². The molecular formula is C21H16BrN3O3S2. The fourth-order valence-corrected chi connectivity index (χ4v) is 5.30. The molecule has 9 heteroatoms. The second kappa shape index (κ2) is 8.17. The molecule has 1 amide bonds. The van der Waals surface area contributed by atoms with Crippen LogP contribution in [0.1, 0.15) is 15.9 Å². The van der Waals surface area contributed by atoms with E-state index in [2.05, 4.69) is 31.0 Å². The van der Waals surface area contributed by atoms with Gasteiger partial charge in [0.1, 0.15) is 0 Å². The van der Waals surface area contributed by atoms with Crippen LogP contribution < -0.4 is 10.0 Å². The number of hydrogen-bond donors (Lipinski definition) is 2. The largest absolute Gasteiger partial charge is 0.298 e. The van der Waals surface area contributed by atoms with Crippen molar-refractivity contribution in [3.63, 3.8) is 0 Å². The summed E-state index contributed by atoms with van der Waals surface area (Å²) >= 11 is 4.76. The maximum absolute atomic E-state index is 12.9. The van der Waals surface area contributed by atoms with E-state index in [4.69, 9.17) is 0 Å². The number of carbonyl (C=O) groups excluding carboxylic acids is 1. The van der Waals surface area contributed by atoms with Gasteiger partial charge in [-0.25, -0.2) is 13.4 Å². The Hall–Kier alpha value is -2.75. The Morgan fingerprint density at radius 1 is 1.03 bits per heavy atom. The van der Waals surface area contributed by atoms with Crippen LogP contribution in [0, 0.1) is 6.92 Å². The topological polar surface area (TPSA) is 88.2 Å². The van der Waals surface area contributed by atoms with Gasteiger partial charge in [0.15, 0.2) is 5.13 Å². The lowest BCUT2D eigenvalue weighted by Crippen LogP contribution is -2.18. The van der Waals surface area contributed by atoms with Crippen molar-refractivity contribution in [3.05, 3.63) is 82.3 Å². The van der Waals surface area contributed by atoms with Crippen LogP contribution in [0.2, 0.25) is 0 Å². The summed E-state index contributed by atoms with van der Waals surface area (Å²) in [5, 5.41) is 3.19. The molecule has 2 N–H and O–H groups in total. The number of hydrogen-bond acceptors (Lipinski definition) is 5. The van der Waals surface area contributed by atoms with Crippen molar-refractivity contribution < 1.29 is 13.2 Å². The predicted octanol–water partition coefficient (Wildman–Crippen LogP) is 5.42. The molecule has 0 saturated carbocycles. The van der Waals surface area contributed by atoms with Gasteiger partial charge in [-0.2, -0.15) is 0 Å². The summed E-state index contributed by atoms with van der Waals surface area (Å²) in [7, 11) is -3.83. The molecule has 0 aliphatic carbocycles. The first kappa shape index (κ1) is 20.5. The van der Waals surface area contributed by atoms with E-state index in [1.165, 1.54) is 23.5 Å². The van der Waals surface area contributed by atoms with Crippen molar-refractivity contribution in [2.75, 3.05) is 10.0 Å². The first-order chi connectivity index (χ1) is 14.3. The number of halogens is 1. The highest BCUT2D eigenvalue weighted by molar-refractivity contribution is 9.10. The lowest BCUT2D eigenvalue weighted by Gasteiger charge is -2.12. The Kier molecular flexibility index (Phi) is 5.59. The van der Waals surface area contributed by atoms with E-state index in [1.807, 2.05) is 25.1 Å². The normalized spacial score (nSPS) is 11.4. The minimum Gasteiger partial charge on any atom is -0.298 e. The third kappa shape index (κ3) is 4.38. The number of para-hydroxylation sites is 1. The molecule has 0 atom stereocenters. The van der Waals surface area contributed by atoms with Crippen molar-refractivity contribution in [3.8, 4) is 0 Å². The average Bonchev–Trinajstić information content (AvgIpc) is 3.09. The van der Waals surface area contributed by atoms with Gasteiger partial charge in [-0.3, -0.25) is 14.8 Å². The molecule has 0 radical (unpaired) electrons. The Labute approximate surface area is 186 Å². The summed E-state index contributed by atoms with van der Waals surface area (Å²) in [6.07, 6.45) is 0. The highest BCUT2D eigenvalue weighted by Crippen LogP contribution is 2.29. The van der Waals surface area contributed by atoms with Gasteiger partial charge in [-0.15, -0.1) is 0 Å². The second-order valence-electron chi connectivity index (χ2n) is 6.55. The SMILES string of the molecule is Cc1ccc(S(=O)(=O)Nc2ccccc2C(=O)Nc2nc3ccc(Br)cc3s2)cc1. The van der Waals surface area contributed by atoms with Gasteiger partial charge in [-0.05, 0) is 49.4 Å². The molecule has 3 aromatic carbocycles. The van der Waals surface area contributed by atoms with Crippen molar-refractivity contribution in [2.24, 2.45) is 0 Å². The minimum absolute atomic E-state index is 0.125. The number of sulfonamides is 1. The van der Waals surface area contributed by atoms with Gasteiger partial charge in [0.2, 0.25) is 0 Å². The van der Waals surface area contributed by atoms with Gasteiger partial charge < -0.3 is 0 Å². The number of nitrogens with one attached hydrogen (secondary N) is 2. The number of anilines is 2. The first-order valence-corrected chi connectivity index (χ1v) is 12.0. The number of thiazole rings is 1. The van der Waals surface area contributed by atoms with Crippen molar-refractivity contribution >= 4 is 64.2 Å². The van der Waals surface area contributed by atoms with Crippen LogP contribution in [0.15, 0.2) is 76.1 Å². The first-order valence-electron chi connectivity index (χ1n) is 8.88. The monoisotopic (exact) mass is 501 g/mol. The molecular weight excluding hydrogens is 486 g/mol. The van der Waals surface area contributed by atoms with Crippen LogP contribution in [0.3, 0.4) is 0 Å². The van der Waals surface area contributed by atoms with Gasteiger partial charge >= 0.3 is 0 Å². The summed E-state index contributed by atoms with van der Waals surface area (Å²) in [5.41, 5.74) is 2.12. The molecule has 4 aromatic rings. The standard InChI is InChI=1S/C21H16BrN3O3S2/c1-13-6-9-15(10-7-13)30(27,28)25-17-5-3-2-4-16(17)20(26)24-21-23-18-11-8-14(22)12-19(18)29-21/h2-12,25H,1H3,(H,23,24,26). The molecule has 0 aliphatic heterocycles. The molecule has 1 heterocycles. The van der Waals surface area contributed by atoms with Crippen LogP contribution in [0.5, 0.6) is 0 Å². The van der Waals surface area contributed by atoms with E-state index in [9.17, 15) is 13.2 Å². The van der Waals surface area contributed by atoms with E-state index in [0.717, 1.165) is 20.3 Å². The molecule has 1 aromatic heterocycles. The number of nitrogens with zero attached hydrogens (tertiary/aromatic N) is 1. The lowest BCUT2D eigenvalue weighted by molar-refractivity contribution is 0.102. The molecule has 0 aliphatic rings. The maximum Gasteiger partial charge on any atom is 0.261 e. The van der Waals surface area contributed by atoms with Crippen LogP contribution in [-0.2, 0) is 10.0 Å². The summed E-state index contributed by atoms with van der Waals surface area (Å²) < 4.78 is 29.8. The van der Waals surface area contributed by atoms with Crippen LogP contribution in [-0.4, -0.2) is 19.3 Å². The number of carbonyl (C=O) groups is 1. The molecule has 0 bridgehead atoms. The summed E-state index contributed by atoms with van der Waals surface area (Å²) in [4.78, 5) is 17.4. The number of aryl methyl sites for hydroxylation is 1. The van der Waals surface area contributed by atoms with Crippen molar-refractivity contribution in [1.82, 2.24) is 4.98 Å². The maximum atomic E-state index is 12.9. The van der Waals surface area contributed by atoms with Crippen molar-refractivity contribution in [2.45, 2.75) is 11.8 Å². The average molecular weight is 502 g/mol. The van der Waals surface area contributed by atoms with Crippen molar-refractivity contribution in [1.29, 1.82) is 0 Å². The molecule has 6 nitrogen and oxygen atoms in total. The van der Waals surface area contributed by atoms with Crippen LogP contribution in [0.25, 0.3) is 10.2 Å². The van der Waals surface area contributed by atoms with Crippen LogP contribution in [0.4, 0.5) is 10.8 Å². The second-order valence-corrected chi connectivity index (χ2v) is 10.2. The number of amides is 1. The summed E-state index contributed by atoms with van der Waals surface area (Å²) in [6, 6.07) is 18.6. The fraction of sp³-hybridized carbons (Fsp3) is 0.0476. The molecule has 0 fully saturated rings. The molecule has 0 spiro atoms. The zero-order valence-electron chi connectivity index (χ0n) is 15.7. The van der Waals surface area contributed by atoms with E-state index >= 15 is 0 Å². The number of benzene rings is 3. The summed E-state index contributed by atoms with van der Waals surface area (Å²) in [6.45, 7) is 1.88. The third-order valence-electron chi connectivity index (χ3n) is 4.32. The zero-order chi connectivity index (χ0) is 21.3. The smallest absolute Gasteiger partial charge is 0.261 e. The van der Waals surface area contributed by atoms with Gasteiger partial charge in [0.25, 0.3) is 15.9 Å². The Balaban J connectivity index is 1.60.